The monoisotopic (exact) mass is 380 g/mol. The third kappa shape index (κ3) is 3.13. The van der Waals surface area contributed by atoms with Crippen molar-refractivity contribution >= 4 is 44.7 Å². The van der Waals surface area contributed by atoms with Gasteiger partial charge in [-0.25, -0.2) is 4.79 Å². The van der Waals surface area contributed by atoms with Crippen LogP contribution in [0.2, 0.25) is 0 Å². The lowest BCUT2D eigenvalue weighted by Crippen LogP contribution is -2.50. The Labute approximate surface area is 139 Å². The predicted octanol–water partition coefficient (Wildman–Crippen LogP) is 1.79. The highest BCUT2D eigenvalue weighted by molar-refractivity contribution is 9.10. The molecule has 1 atom stereocenters. The maximum absolute atomic E-state index is 11.8. The van der Waals surface area contributed by atoms with Gasteiger partial charge in [0.25, 0.3) is 0 Å². The topological polar surface area (TPSA) is 109 Å². The molecule has 1 fully saturated rings. The molecule has 2 heterocycles. The smallest absolute Gasteiger partial charge is 0.372 e. The van der Waals surface area contributed by atoms with Gasteiger partial charge in [-0.2, -0.15) is 0 Å². The lowest BCUT2D eigenvalue weighted by atomic mass is 10.0. The van der Waals surface area contributed by atoms with Crippen LogP contribution in [0.5, 0.6) is 0 Å². The summed E-state index contributed by atoms with van der Waals surface area (Å²) >= 11 is 3.31. The van der Waals surface area contributed by atoms with Crippen molar-refractivity contribution in [2.75, 3.05) is 0 Å². The van der Waals surface area contributed by atoms with Crippen molar-refractivity contribution in [3.63, 3.8) is 0 Å². The number of furan rings is 1. The summed E-state index contributed by atoms with van der Waals surface area (Å²) in [6.07, 6.45) is 0.642. The highest BCUT2D eigenvalue weighted by Crippen LogP contribution is 2.29. The maximum Gasteiger partial charge on any atom is 0.372 e. The van der Waals surface area contributed by atoms with Gasteiger partial charge in [-0.15, -0.1) is 0 Å². The second kappa shape index (κ2) is 6.13. The molecule has 120 valence electrons. The molecule has 3 N–H and O–H groups in total. The summed E-state index contributed by atoms with van der Waals surface area (Å²) in [6.45, 7) is 0.155. The minimum absolute atomic E-state index is 0.155. The molecule has 1 saturated heterocycles. The van der Waals surface area contributed by atoms with Gasteiger partial charge < -0.3 is 14.8 Å². The molecule has 1 aliphatic heterocycles. The number of carbonyl (C=O) groups is 3. The van der Waals surface area contributed by atoms with Gasteiger partial charge in [-0.05, 0) is 24.6 Å². The number of amides is 2. The second-order valence-corrected chi connectivity index (χ2v) is 6.16. The fourth-order valence-corrected chi connectivity index (χ4v) is 2.93. The van der Waals surface area contributed by atoms with Crippen molar-refractivity contribution in [3.05, 3.63) is 34.0 Å². The first-order valence-corrected chi connectivity index (χ1v) is 7.76. The van der Waals surface area contributed by atoms with Crippen LogP contribution >= 0.6 is 15.9 Å². The standard InChI is InChI=1S/C15H13BrN2O5/c16-7-1-2-8-9(13(15(21)22)23-11(8)5-7)6-17-10-3-4-12(19)18-14(10)20/h1-2,5,10,17H,3-4,6H2,(H,21,22)(H,18,19,20). The summed E-state index contributed by atoms with van der Waals surface area (Å²) in [6, 6.07) is 4.71. The zero-order valence-electron chi connectivity index (χ0n) is 11.9. The van der Waals surface area contributed by atoms with Gasteiger partial charge in [0.15, 0.2) is 0 Å². The van der Waals surface area contributed by atoms with Gasteiger partial charge in [-0.1, -0.05) is 15.9 Å². The van der Waals surface area contributed by atoms with Gasteiger partial charge in [0.1, 0.15) is 5.58 Å². The Kier molecular flexibility index (Phi) is 4.18. The van der Waals surface area contributed by atoms with E-state index >= 15 is 0 Å². The number of halogens is 1. The molecular formula is C15H13BrN2O5. The quantitative estimate of drug-likeness (QED) is 0.697. The Bertz CT molecular complexity index is 814. The highest BCUT2D eigenvalue weighted by atomic mass is 79.9. The molecule has 8 heteroatoms. The number of benzene rings is 1. The molecule has 2 aromatic rings. The average molecular weight is 381 g/mol. The lowest BCUT2D eigenvalue weighted by Gasteiger charge is -2.21. The van der Waals surface area contributed by atoms with Gasteiger partial charge in [0.2, 0.25) is 17.6 Å². The van der Waals surface area contributed by atoms with Crippen molar-refractivity contribution in [2.45, 2.75) is 25.4 Å². The zero-order chi connectivity index (χ0) is 16.6. The van der Waals surface area contributed by atoms with E-state index in [1.54, 1.807) is 18.2 Å². The maximum atomic E-state index is 11.8. The molecule has 2 amide bonds. The summed E-state index contributed by atoms with van der Waals surface area (Å²) < 4.78 is 6.18. The lowest BCUT2D eigenvalue weighted by molar-refractivity contribution is -0.134. The Morgan fingerprint density at radius 2 is 2.22 bits per heavy atom. The van der Waals surface area contributed by atoms with Crippen molar-refractivity contribution in [3.8, 4) is 0 Å². The highest BCUT2D eigenvalue weighted by Gasteiger charge is 2.27. The van der Waals surface area contributed by atoms with Crippen molar-refractivity contribution < 1.29 is 23.9 Å². The molecule has 1 unspecified atom stereocenters. The summed E-state index contributed by atoms with van der Waals surface area (Å²) in [5.74, 6) is -2.01. The minimum atomic E-state index is -1.17. The Hall–Kier alpha value is -2.19. The average Bonchev–Trinajstić information content (AvgIpc) is 2.84. The third-order valence-electron chi connectivity index (χ3n) is 3.71. The molecule has 0 bridgehead atoms. The normalized spacial score (nSPS) is 18.2. The summed E-state index contributed by atoms with van der Waals surface area (Å²) in [5, 5.41) is 15.2. The largest absolute Gasteiger partial charge is 0.475 e. The van der Waals surface area contributed by atoms with E-state index in [0.29, 0.717) is 23.0 Å². The Morgan fingerprint density at radius 3 is 2.91 bits per heavy atom. The van der Waals surface area contributed by atoms with Crippen LogP contribution in [0.4, 0.5) is 0 Å². The van der Waals surface area contributed by atoms with E-state index in [1.807, 2.05) is 0 Å². The number of piperidine rings is 1. The van der Waals surface area contributed by atoms with E-state index in [4.69, 9.17) is 4.42 Å². The number of hydrogen-bond acceptors (Lipinski definition) is 5. The van der Waals surface area contributed by atoms with Gasteiger partial charge in [-0.3, -0.25) is 14.9 Å². The number of rotatable bonds is 4. The first-order valence-electron chi connectivity index (χ1n) is 6.97. The number of aromatic carboxylic acids is 1. The van der Waals surface area contributed by atoms with Crippen molar-refractivity contribution in [1.29, 1.82) is 0 Å². The van der Waals surface area contributed by atoms with Crippen LogP contribution in [0.1, 0.15) is 29.0 Å². The van der Waals surface area contributed by atoms with Crippen LogP contribution in [0.15, 0.2) is 27.1 Å². The Morgan fingerprint density at radius 1 is 1.43 bits per heavy atom. The van der Waals surface area contributed by atoms with E-state index in [-0.39, 0.29) is 24.6 Å². The number of hydrogen-bond donors (Lipinski definition) is 3. The molecule has 0 radical (unpaired) electrons. The van der Waals surface area contributed by atoms with Crippen molar-refractivity contribution in [1.82, 2.24) is 10.6 Å². The molecule has 0 spiro atoms. The molecule has 23 heavy (non-hydrogen) atoms. The van der Waals surface area contributed by atoms with E-state index in [2.05, 4.69) is 26.6 Å². The van der Waals surface area contributed by atoms with Crippen LogP contribution in [0.3, 0.4) is 0 Å². The fraction of sp³-hybridized carbons (Fsp3) is 0.267. The van der Waals surface area contributed by atoms with Crippen LogP contribution in [0.25, 0.3) is 11.0 Å². The van der Waals surface area contributed by atoms with Crippen LogP contribution in [-0.4, -0.2) is 28.9 Å². The van der Waals surface area contributed by atoms with E-state index in [1.165, 1.54) is 0 Å². The van der Waals surface area contributed by atoms with Crippen molar-refractivity contribution in [2.24, 2.45) is 0 Å². The summed E-state index contributed by atoms with van der Waals surface area (Å²) in [5.41, 5.74) is 0.932. The molecule has 1 aromatic carbocycles. The molecule has 1 aromatic heterocycles. The number of carboxylic acid groups (broad SMARTS) is 1. The molecule has 1 aliphatic rings. The van der Waals surface area contributed by atoms with Gasteiger partial charge in [0, 0.05) is 28.4 Å². The first-order chi connectivity index (χ1) is 11.0. The van der Waals surface area contributed by atoms with E-state index in [9.17, 15) is 19.5 Å². The minimum Gasteiger partial charge on any atom is -0.475 e. The second-order valence-electron chi connectivity index (χ2n) is 5.24. The Balaban J connectivity index is 1.87. The summed E-state index contributed by atoms with van der Waals surface area (Å²) in [4.78, 5) is 34.3. The van der Waals surface area contributed by atoms with Crippen LogP contribution in [-0.2, 0) is 16.1 Å². The number of carbonyl (C=O) groups excluding carboxylic acids is 2. The summed E-state index contributed by atoms with van der Waals surface area (Å²) in [7, 11) is 0. The molecule has 0 aliphatic carbocycles. The number of imide groups is 1. The molecular weight excluding hydrogens is 368 g/mol. The van der Waals surface area contributed by atoms with Crippen LogP contribution in [0, 0.1) is 0 Å². The SMILES string of the molecule is O=C1CCC(NCc2c(C(=O)O)oc3cc(Br)ccc23)C(=O)N1. The first kappa shape index (κ1) is 15.7. The third-order valence-corrected chi connectivity index (χ3v) is 4.21. The molecule has 0 saturated carbocycles. The molecule has 7 nitrogen and oxygen atoms in total. The van der Waals surface area contributed by atoms with Gasteiger partial charge in [0.05, 0.1) is 6.04 Å². The molecule has 3 rings (SSSR count). The van der Waals surface area contributed by atoms with E-state index in [0.717, 1.165) is 4.47 Å². The number of nitrogens with one attached hydrogen (secondary N) is 2. The van der Waals surface area contributed by atoms with Gasteiger partial charge >= 0.3 is 5.97 Å². The predicted molar refractivity (Wildman–Crippen MR) is 83.9 cm³/mol. The zero-order valence-corrected chi connectivity index (χ0v) is 13.5. The van der Waals surface area contributed by atoms with Crippen LogP contribution < -0.4 is 10.6 Å². The van der Waals surface area contributed by atoms with E-state index < -0.39 is 17.9 Å². The fourth-order valence-electron chi connectivity index (χ4n) is 2.59. The number of carboxylic acids is 1. The number of fused-ring (bicyclic) bond motifs is 1.